The fraction of sp³-hybridized carbons (Fsp3) is 0.348. The molecule has 0 atom stereocenters. The van der Waals surface area contributed by atoms with Crippen LogP contribution in [0.1, 0.15) is 36.7 Å². The van der Waals surface area contributed by atoms with Gasteiger partial charge in [0.2, 0.25) is 5.91 Å². The lowest BCUT2D eigenvalue weighted by atomic mass is 9.92. The molecule has 0 bridgehead atoms. The number of ether oxygens (including phenoxy) is 1. The molecule has 9 heteroatoms. The zero-order chi connectivity index (χ0) is 22.5. The van der Waals surface area contributed by atoms with Crippen LogP contribution in [0.3, 0.4) is 0 Å². The SMILES string of the molecule is CCn1c(COc2ccc3c(c2)CCCC3)nnc1SCC(=O)Nc1c(F)cccc1F. The monoisotopic (exact) mass is 458 g/mol. The van der Waals surface area contributed by atoms with Crippen LogP contribution in [-0.2, 0) is 30.8 Å². The molecule has 1 amide bonds. The van der Waals surface area contributed by atoms with Gasteiger partial charge in [0.05, 0.1) is 5.75 Å². The normalized spacial score (nSPS) is 13.0. The summed E-state index contributed by atoms with van der Waals surface area (Å²) in [6, 6.07) is 9.64. The Bertz CT molecular complexity index is 1100. The van der Waals surface area contributed by atoms with Crippen molar-refractivity contribution in [2.45, 2.75) is 50.9 Å². The molecule has 32 heavy (non-hydrogen) atoms. The second kappa shape index (κ2) is 10.1. The van der Waals surface area contributed by atoms with Crippen LogP contribution in [0.25, 0.3) is 0 Å². The fourth-order valence-corrected chi connectivity index (χ4v) is 4.54. The van der Waals surface area contributed by atoms with E-state index >= 15 is 0 Å². The number of nitrogens with one attached hydrogen (secondary N) is 1. The summed E-state index contributed by atoms with van der Waals surface area (Å²) in [5, 5.41) is 11.2. The molecule has 3 aromatic rings. The summed E-state index contributed by atoms with van der Waals surface area (Å²) in [6.07, 6.45) is 4.65. The average molecular weight is 459 g/mol. The highest BCUT2D eigenvalue weighted by Gasteiger charge is 2.16. The van der Waals surface area contributed by atoms with Gasteiger partial charge in [-0.1, -0.05) is 23.9 Å². The number of hydrogen-bond donors (Lipinski definition) is 1. The van der Waals surface area contributed by atoms with Crippen LogP contribution in [0.2, 0.25) is 0 Å². The number of halogens is 2. The standard InChI is InChI=1S/C23H24F2N4O2S/c1-2-29-20(13-31-17-11-10-15-6-3-4-7-16(15)12-17)27-28-23(29)32-14-21(30)26-22-18(24)8-5-9-19(22)25/h5,8-12H,2-4,6-7,13-14H2,1H3,(H,26,30). The van der Waals surface area contributed by atoms with Gasteiger partial charge in [-0.15, -0.1) is 10.2 Å². The maximum absolute atomic E-state index is 13.7. The highest BCUT2D eigenvalue weighted by atomic mass is 32.2. The number of amides is 1. The van der Waals surface area contributed by atoms with Crippen LogP contribution >= 0.6 is 11.8 Å². The Hall–Kier alpha value is -2.94. The Kier molecular flexibility index (Phi) is 7.04. The summed E-state index contributed by atoms with van der Waals surface area (Å²) in [6.45, 7) is 2.80. The number of fused-ring (bicyclic) bond motifs is 1. The Labute approximate surface area is 189 Å². The number of benzene rings is 2. The summed E-state index contributed by atoms with van der Waals surface area (Å²) < 4.78 is 35.2. The van der Waals surface area contributed by atoms with Crippen molar-refractivity contribution in [2.24, 2.45) is 0 Å². The molecule has 1 aliphatic carbocycles. The molecule has 1 aliphatic rings. The predicted molar refractivity (Wildman–Crippen MR) is 119 cm³/mol. The van der Waals surface area contributed by atoms with E-state index in [2.05, 4.69) is 27.6 Å². The van der Waals surface area contributed by atoms with Crippen molar-refractivity contribution in [1.82, 2.24) is 14.8 Å². The summed E-state index contributed by atoms with van der Waals surface area (Å²) in [5.74, 6) is -0.776. The number of carbonyl (C=O) groups is 1. The van der Waals surface area contributed by atoms with Crippen LogP contribution in [0.4, 0.5) is 14.5 Å². The number of nitrogens with zero attached hydrogens (tertiary/aromatic N) is 3. The van der Waals surface area contributed by atoms with Gasteiger partial charge in [-0.25, -0.2) is 8.78 Å². The van der Waals surface area contributed by atoms with E-state index in [0.29, 0.717) is 17.5 Å². The van der Waals surface area contributed by atoms with E-state index in [1.165, 1.54) is 30.0 Å². The summed E-state index contributed by atoms with van der Waals surface area (Å²) in [4.78, 5) is 12.2. The molecule has 2 aromatic carbocycles. The minimum absolute atomic E-state index is 0.0579. The number of carbonyl (C=O) groups excluding carboxylic acids is 1. The summed E-state index contributed by atoms with van der Waals surface area (Å²) in [5.41, 5.74) is 2.29. The van der Waals surface area contributed by atoms with Gasteiger partial charge in [-0.3, -0.25) is 4.79 Å². The van der Waals surface area contributed by atoms with E-state index < -0.39 is 23.2 Å². The quantitative estimate of drug-likeness (QED) is 0.493. The van der Waals surface area contributed by atoms with E-state index in [4.69, 9.17) is 4.74 Å². The Balaban J connectivity index is 1.36. The Morgan fingerprint density at radius 2 is 1.88 bits per heavy atom. The van der Waals surface area contributed by atoms with Gasteiger partial charge in [0.15, 0.2) is 11.0 Å². The molecule has 1 N–H and O–H groups in total. The van der Waals surface area contributed by atoms with Gasteiger partial charge in [-0.05, 0) is 68.0 Å². The molecule has 0 aliphatic heterocycles. The van der Waals surface area contributed by atoms with Crippen molar-refractivity contribution < 1.29 is 18.3 Å². The number of anilines is 1. The van der Waals surface area contributed by atoms with Crippen LogP contribution in [0.15, 0.2) is 41.6 Å². The smallest absolute Gasteiger partial charge is 0.235 e. The van der Waals surface area contributed by atoms with Crippen LogP contribution in [-0.4, -0.2) is 26.4 Å². The molecule has 0 saturated carbocycles. The number of thioether (sulfide) groups is 1. The maximum Gasteiger partial charge on any atom is 0.235 e. The van der Waals surface area contributed by atoms with Crippen molar-refractivity contribution in [1.29, 1.82) is 0 Å². The van der Waals surface area contributed by atoms with Crippen molar-refractivity contribution in [2.75, 3.05) is 11.1 Å². The lowest BCUT2D eigenvalue weighted by Gasteiger charge is -2.16. The topological polar surface area (TPSA) is 69.0 Å². The maximum atomic E-state index is 13.7. The molecule has 1 aromatic heterocycles. The molecule has 1 heterocycles. The average Bonchev–Trinajstić information content (AvgIpc) is 3.20. The minimum Gasteiger partial charge on any atom is -0.486 e. The zero-order valence-electron chi connectivity index (χ0n) is 17.7. The molecular weight excluding hydrogens is 434 g/mol. The number of para-hydroxylation sites is 1. The van der Waals surface area contributed by atoms with Crippen molar-refractivity contribution in [3.8, 4) is 5.75 Å². The third kappa shape index (κ3) is 5.09. The first kappa shape index (κ1) is 22.3. The lowest BCUT2D eigenvalue weighted by Crippen LogP contribution is -2.17. The van der Waals surface area contributed by atoms with Gasteiger partial charge in [0, 0.05) is 6.54 Å². The lowest BCUT2D eigenvalue weighted by molar-refractivity contribution is -0.113. The number of aryl methyl sites for hydroxylation is 2. The van der Waals surface area contributed by atoms with Gasteiger partial charge < -0.3 is 14.6 Å². The minimum atomic E-state index is -0.818. The Morgan fingerprint density at radius 3 is 2.62 bits per heavy atom. The number of rotatable bonds is 8. The molecule has 0 fully saturated rings. The summed E-state index contributed by atoms with van der Waals surface area (Å²) in [7, 11) is 0. The van der Waals surface area contributed by atoms with E-state index in [1.807, 2.05) is 17.6 Å². The molecule has 0 unspecified atom stereocenters. The van der Waals surface area contributed by atoms with Gasteiger partial charge in [0.1, 0.15) is 29.7 Å². The van der Waals surface area contributed by atoms with Crippen molar-refractivity contribution in [3.05, 3.63) is 65.0 Å². The van der Waals surface area contributed by atoms with Crippen LogP contribution in [0, 0.1) is 11.6 Å². The van der Waals surface area contributed by atoms with Gasteiger partial charge >= 0.3 is 0 Å². The molecule has 0 spiro atoms. The molecular formula is C23H24F2N4O2S. The molecule has 168 valence electrons. The highest BCUT2D eigenvalue weighted by molar-refractivity contribution is 7.99. The predicted octanol–water partition coefficient (Wildman–Crippen LogP) is 4.76. The molecule has 4 rings (SSSR count). The first-order valence-electron chi connectivity index (χ1n) is 10.6. The van der Waals surface area contributed by atoms with E-state index in [0.717, 1.165) is 42.5 Å². The van der Waals surface area contributed by atoms with E-state index in [1.54, 1.807) is 0 Å². The van der Waals surface area contributed by atoms with Crippen LogP contribution < -0.4 is 10.1 Å². The Morgan fingerprint density at radius 1 is 1.12 bits per heavy atom. The zero-order valence-corrected chi connectivity index (χ0v) is 18.6. The third-order valence-corrected chi connectivity index (χ3v) is 6.32. The van der Waals surface area contributed by atoms with Crippen LogP contribution in [0.5, 0.6) is 5.75 Å². The third-order valence-electron chi connectivity index (χ3n) is 5.36. The highest BCUT2D eigenvalue weighted by Crippen LogP contribution is 2.26. The molecule has 6 nitrogen and oxygen atoms in total. The van der Waals surface area contributed by atoms with Gasteiger partial charge in [-0.2, -0.15) is 0 Å². The fourth-order valence-electron chi connectivity index (χ4n) is 3.72. The van der Waals surface area contributed by atoms with E-state index in [9.17, 15) is 13.6 Å². The first-order valence-corrected chi connectivity index (χ1v) is 11.6. The van der Waals surface area contributed by atoms with Gasteiger partial charge in [0.25, 0.3) is 0 Å². The second-order valence-corrected chi connectivity index (χ2v) is 8.45. The summed E-state index contributed by atoms with van der Waals surface area (Å²) >= 11 is 1.15. The first-order chi connectivity index (χ1) is 15.5. The van der Waals surface area contributed by atoms with Crippen molar-refractivity contribution >= 4 is 23.4 Å². The molecule has 0 radical (unpaired) electrons. The second-order valence-electron chi connectivity index (χ2n) is 7.50. The van der Waals surface area contributed by atoms with Crippen molar-refractivity contribution in [3.63, 3.8) is 0 Å². The number of aromatic nitrogens is 3. The number of hydrogen-bond acceptors (Lipinski definition) is 5. The van der Waals surface area contributed by atoms with E-state index in [-0.39, 0.29) is 12.4 Å². The largest absolute Gasteiger partial charge is 0.486 e. The molecule has 0 saturated heterocycles.